The monoisotopic (exact) mass is 510 g/mol. The quantitative estimate of drug-likeness (QED) is 0.459. The number of carbonyl (C=O) groups excluding carboxylic acids is 2. The van der Waals surface area contributed by atoms with Gasteiger partial charge >= 0.3 is 12.1 Å². The van der Waals surface area contributed by atoms with Crippen molar-refractivity contribution in [3.05, 3.63) is 83.4 Å². The lowest BCUT2D eigenvalue weighted by molar-refractivity contribution is -0.138. The number of aliphatic carboxylic acids is 1. The number of fused-ring (bicyclic) bond motifs is 1. The van der Waals surface area contributed by atoms with E-state index in [9.17, 15) is 19.5 Å². The number of benzene rings is 3. The summed E-state index contributed by atoms with van der Waals surface area (Å²) in [6.07, 6.45) is -0.832. The fourth-order valence-corrected chi connectivity index (χ4v) is 3.77. The van der Waals surface area contributed by atoms with E-state index in [1.807, 2.05) is 24.3 Å². The number of hydrogen-bond acceptors (Lipinski definition) is 6. The lowest BCUT2D eigenvalue weighted by Crippen LogP contribution is -2.41. The Morgan fingerprint density at radius 1 is 1.03 bits per heavy atom. The van der Waals surface area contributed by atoms with Crippen molar-refractivity contribution in [2.75, 3.05) is 31.2 Å². The van der Waals surface area contributed by atoms with Crippen LogP contribution in [0.15, 0.2) is 72.8 Å². The maximum Gasteiger partial charge on any atom is 0.416 e. The summed E-state index contributed by atoms with van der Waals surface area (Å²) in [4.78, 5) is 38.8. The molecule has 0 spiro atoms. The van der Waals surface area contributed by atoms with E-state index < -0.39 is 18.6 Å². The van der Waals surface area contributed by atoms with E-state index >= 15 is 0 Å². The van der Waals surface area contributed by atoms with E-state index in [0.717, 1.165) is 4.90 Å². The van der Waals surface area contributed by atoms with Gasteiger partial charge < -0.3 is 24.2 Å². The van der Waals surface area contributed by atoms with Crippen LogP contribution in [0.25, 0.3) is 0 Å². The Morgan fingerprint density at radius 3 is 2.50 bits per heavy atom. The van der Waals surface area contributed by atoms with E-state index in [1.54, 1.807) is 47.4 Å². The van der Waals surface area contributed by atoms with Crippen molar-refractivity contribution in [3.63, 3.8) is 0 Å². The second-order valence-electron chi connectivity index (χ2n) is 7.84. The lowest BCUT2D eigenvalue weighted by Gasteiger charge is -2.29. The molecule has 0 radical (unpaired) electrons. The lowest BCUT2D eigenvalue weighted by atomic mass is 10.2. The van der Waals surface area contributed by atoms with Gasteiger partial charge in [0.1, 0.15) is 24.7 Å². The summed E-state index contributed by atoms with van der Waals surface area (Å²) in [6, 6.07) is 20.6. The summed E-state index contributed by atoms with van der Waals surface area (Å²) < 4.78 is 16.5. The SMILES string of the molecule is O=C(O)CN(Cc1ccc(OCCN2C(=O)COc3ccccc32)cc1)C(=O)Oc1ccccc1Cl. The van der Waals surface area contributed by atoms with Crippen LogP contribution in [0.3, 0.4) is 0 Å². The predicted octanol–water partition coefficient (Wildman–Crippen LogP) is 4.23. The summed E-state index contributed by atoms with van der Waals surface area (Å²) in [5.74, 6) is 0.0430. The summed E-state index contributed by atoms with van der Waals surface area (Å²) in [5.41, 5.74) is 1.38. The largest absolute Gasteiger partial charge is 0.492 e. The van der Waals surface area contributed by atoms with E-state index in [4.69, 9.17) is 25.8 Å². The van der Waals surface area contributed by atoms with Gasteiger partial charge in [0.25, 0.3) is 5.91 Å². The van der Waals surface area contributed by atoms with Crippen LogP contribution in [0.1, 0.15) is 5.56 Å². The third-order valence-electron chi connectivity index (χ3n) is 5.31. The first-order valence-electron chi connectivity index (χ1n) is 11.1. The summed E-state index contributed by atoms with van der Waals surface area (Å²) in [5, 5.41) is 9.47. The molecule has 1 heterocycles. The smallest absolute Gasteiger partial charge is 0.416 e. The van der Waals surface area contributed by atoms with Gasteiger partial charge in [-0.2, -0.15) is 0 Å². The van der Waals surface area contributed by atoms with Gasteiger partial charge in [-0.25, -0.2) is 4.79 Å². The van der Waals surface area contributed by atoms with E-state index in [0.29, 0.717) is 29.3 Å². The molecule has 3 aromatic carbocycles. The topological polar surface area (TPSA) is 106 Å². The predicted molar refractivity (Wildman–Crippen MR) is 132 cm³/mol. The molecule has 0 bridgehead atoms. The van der Waals surface area contributed by atoms with Gasteiger partial charge in [0.05, 0.1) is 17.3 Å². The summed E-state index contributed by atoms with van der Waals surface area (Å²) in [6.45, 7) is 0.0545. The van der Waals surface area contributed by atoms with Crippen molar-refractivity contribution in [1.29, 1.82) is 0 Å². The average Bonchev–Trinajstić information content (AvgIpc) is 2.87. The van der Waals surface area contributed by atoms with Gasteiger partial charge in [-0.15, -0.1) is 0 Å². The molecule has 0 unspecified atom stereocenters. The highest BCUT2D eigenvalue weighted by atomic mass is 35.5. The van der Waals surface area contributed by atoms with Gasteiger partial charge in [-0.05, 0) is 42.0 Å². The molecule has 0 aliphatic carbocycles. The van der Waals surface area contributed by atoms with Crippen molar-refractivity contribution in [3.8, 4) is 17.2 Å². The van der Waals surface area contributed by atoms with Crippen molar-refractivity contribution >= 4 is 35.3 Å². The van der Waals surface area contributed by atoms with Crippen LogP contribution in [-0.4, -0.2) is 54.3 Å². The van der Waals surface area contributed by atoms with Crippen molar-refractivity contribution < 1.29 is 33.7 Å². The van der Waals surface area contributed by atoms with E-state index in [-0.39, 0.29) is 36.4 Å². The average molecular weight is 511 g/mol. The number of anilines is 1. The molecule has 0 saturated carbocycles. The van der Waals surface area contributed by atoms with Crippen LogP contribution < -0.4 is 19.1 Å². The van der Waals surface area contributed by atoms with Gasteiger partial charge in [-0.3, -0.25) is 14.5 Å². The van der Waals surface area contributed by atoms with Crippen LogP contribution >= 0.6 is 11.6 Å². The number of ether oxygens (including phenoxy) is 3. The van der Waals surface area contributed by atoms with Crippen LogP contribution in [0.2, 0.25) is 5.02 Å². The maximum absolute atomic E-state index is 12.6. The Hall–Kier alpha value is -4.24. The van der Waals surface area contributed by atoms with E-state index in [1.165, 1.54) is 6.07 Å². The molecule has 4 rings (SSSR count). The summed E-state index contributed by atoms with van der Waals surface area (Å²) in [7, 11) is 0. The second kappa shape index (κ2) is 11.5. The zero-order valence-corrected chi connectivity index (χ0v) is 19.9. The van der Waals surface area contributed by atoms with Gasteiger partial charge in [0, 0.05) is 6.54 Å². The first-order chi connectivity index (χ1) is 17.4. The number of carboxylic acids is 1. The number of para-hydroxylation sites is 3. The second-order valence-corrected chi connectivity index (χ2v) is 8.25. The molecular formula is C26H23ClN2O7. The zero-order chi connectivity index (χ0) is 25.5. The van der Waals surface area contributed by atoms with Crippen molar-refractivity contribution in [2.24, 2.45) is 0 Å². The molecule has 1 N–H and O–H groups in total. The van der Waals surface area contributed by atoms with Gasteiger partial charge in [0.15, 0.2) is 12.4 Å². The number of carboxylic acid groups (broad SMARTS) is 1. The molecular weight excluding hydrogens is 488 g/mol. The van der Waals surface area contributed by atoms with Gasteiger partial charge in [-0.1, -0.05) is 48.0 Å². The highest BCUT2D eigenvalue weighted by molar-refractivity contribution is 6.32. The molecule has 1 aliphatic heterocycles. The molecule has 0 atom stereocenters. The third-order valence-corrected chi connectivity index (χ3v) is 5.62. The molecule has 2 amide bonds. The Labute approximate surface area is 212 Å². The standard InChI is InChI=1S/C26H23ClN2O7/c27-20-5-1-3-7-22(20)36-26(33)28(16-25(31)32)15-18-9-11-19(12-10-18)34-14-13-29-21-6-2-4-8-23(21)35-17-24(29)30/h1-12H,13-17H2,(H,31,32). The fourth-order valence-electron chi connectivity index (χ4n) is 3.60. The molecule has 0 fully saturated rings. The van der Waals surface area contributed by atoms with Gasteiger partial charge in [0.2, 0.25) is 0 Å². The molecule has 10 heteroatoms. The molecule has 1 aliphatic rings. The Morgan fingerprint density at radius 2 is 1.75 bits per heavy atom. The molecule has 0 aromatic heterocycles. The van der Waals surface area contributed by atoms with Crippen LogP contribution in [0, 0.1) is 0 Å². The summed E-state index contributed by atoms with van der Waals surface area (Å²) >= 11 is 6.03. The highest BCUT2D eigenvalue weighted by Gasteiger charge is 2.25. The fraction of sp³-hybridized carbons (Fsp3) is 0.192. The van der Waals surface area contributed by atoms with Crippen molar-refractivity contribution in [1.82, 2.24) is 4.90 Å². The molecule has 0 saturated heterocycles. The minimum absolute atomic E-state index is 0.00886. The van der Waals surface area contributed by atoms with Crippen LogP contribution in [0.4, 0.5) is 10.5 Å². The highest BCUT2D eigenvalue weighted by Crippen LogP contribution is 2.31. The Bertz CT molecular complexity index is 1250. The Kier molecular flexibility index (Phi) is 7.92. The van der Waals surface area contributed by atoms with Crippen LogP contribution in [0.5, 0.6) is 17.2 Å². The molecule has 9 nitrogen and oxygen atoms in total. The first-order valence-corrected chi connectivity index (χ1v) is 11.5. The number of nitrogens with zero attached hydrogens (tertiary/aromatic N) is 2. The zero-order valence-electron chi connectivity index (χ0n) is 19.1. The minimum Gasteiger partial charge on any atom is -0.492 e. The minimum atomic E-state index is -1.18. The number of halogens is 1. The maximum atomic E-state index is 12.6. The number of rotatable bonds is 9. The Balaban J connectivity index is 1.34. The van der Waals surface area contributed by atoms with E-state index in [2.05, 4.69) is 0 Å². The normalized spacial score (nSPS) is 12.4. The van der Waals surface area contributed by atoms with Crippen LogP contribution in [-0.2, 0) is 16.1 Å². The number of hydrogen-bond donors (Lipinski definition) is 1. The third kappa shape index (κ3) is 6.25. The molecule has 3 aromatic rings. The molecule has 36 heavy (non-hydrogen) atoms. The number of carbonyl (C=O) groups is 3. The number of amides is 2. The molecule has 186 valence electrons. The van der Waals surface area contributed by atoms with Crippen molar-refractivity contribution in [2.45, 2.75) is 6.54 Å². The first kappa shape index (κ1) is 24.9.